The first-order chi connectivity index (χ1) is 10.1. The number of hydrogen-bond donors (Lipinski definition) is 2. The fraction of sp³-hybridized carbons (Fsp3) is 0.267. The molecule has 2 aromatic heterocycles. The molecule has 0 aliphatic carbocycles. The molecule has 0 aromatic carbocycles. The van der Waals surface area contributed by atoms with Crippen molar-refractivity contribution in [2.24, 2.45) is 0 Å². The molecule has 6 heteroatoms. The van der Waals surface area contributed by atoms with Crippen molar-refractivity contribution >= 4 is 28.8 Å². The largest absolute Gasteiger partial charge is 0.395 e. The van der Waals surface area contributed by atoms with Gasteiger partial charge in [0.05, 0.1) is 16.5 Å². The molecule has 1 amide bonds. The minimum absolute atomic E-state index is 0.0706. The SMILES string of the molecule is CN(Cc1csc(C#CCCO)c1)C(=O)c1cc(Cl)c[nH]1. The van der Waals surface area contributed by atoms with Gasteiger partial charge in [-0.3, -0.25) is 4.79 Å². The molecule has 2 aromatic rings. The molecule has 2 rings (SSSR count). The smallest absolute Gasteiger partial charge is 0.270 e. The second-order valence-corrected chi connectivity index (χ2v) is 5.84. The molecule has 2 heterocycles. The molecule has 21 heavy (non-hydrogen) atoms. The number of aromatic amines is 1. The van der Waals surface area contributed by atoms with Gasteiger partial charge in [-0.25, -0.2) is 0 Å². The normalized spacial score (nSPS) is 10.0. The van der Waals surface area contributed by atoms with Crippen molar-refractivity contribution in [3.63, 3.8) is 0 Å². The van der Waals surface area contributed by atoms with Gasteiger partial charge >= 0.3 is 0 Å². The molecule has 2 N–H and O–H groups in total. The predicted octanol–water partition coefficient (Wildman–Crippen LogP) is 2.74. The van der Waals surface area contributed by atoms with Gasteiger partial charge in [-0.05, 0) is 23.1 Å². The Morgan fingerprint density at radius 3 is 3.00 bits per heavy atom. The van der Waals surface area contributed by atoms with E-state index in [1.807, 2.05) is 11.4 Å². The maximum absolute atomic E-state index is 12.2. The molecule has 4 nitrogen and oxygen atoms in total. The highest BCUT2D eigenvalue weighted by Crippen LogP contribution is 2.17. The lowest BCUT2D eigenvalue weighted by atomic mass is 10.2. The molecule has 0 spiro atoms. The Labute approximate surface area is 132 Å². The van der Waals surface area contributed by atoms with Gasteiger partial charge in [-0.2, -0.15) is 0 Å². The van der Waals surface area contributed by atoms with Crippen LogP contribution >= 0.6 is 22.9 Å². The summed E-state index contributed by atoms with van der Waals surface area (Å²) in [6.45, 7) is 0.578. The lowest BCUT2D eigenvalue weighted by Crippen LogP contribution is -2.26. The standard InChI is InChI=1S/C15H15ClN2O2S/c1-18(15(20)14-7-12(16)8-17-14)9-11-6-13(21-10-11)4-2-3-5-19/h6-8,10,17,19H,3,5,9H2,1H3. The number of aliphatic hydroxyl groups excluding tert-OH is 1. The van der Waals surface area contributed by atoms with E-state index in [1.165, 1.54) is 11.3 Å². The summed E-state index contributed by atoms with van der Waals surface area (Å²) < 4.78 is 0. The number of H-pyrrole nitrogens is 1. The number of hydrogen-bond acceptors (Lipinski definition) is 3. The van der Waals surface area contributed by atoms with Crippen LogP contribution < -0.4 is 0 Å². The maximum atomic E-state index is 12.2. The first kappa shape index (κ1) is 15.6. The zero-order valence-corrected chi connectivity index (χ0v) is 13.1. The summed E-state index contributed by atoms with van der Waals surface area (Å²) in [7, 11) is 1.74. The van der Waals surface area contributed by atoms with Crippen molar-refractivity contribution in [2.75, 3.05) is 13.7 Å². The Hall–Kier alpha value is -1.74. The number of aromatic nitrogens is 1. The topological polar surface area (TPSA) is 56.3 Å². The summed E-state index contributed by atoms with van der Waals surface area (Å²) in [6, 6.07) is 3.57. The number of carbonyl (C=O) groups excluding carboxylic acids is 1. The van der Waals surface area contributed by atoms with Crippen molar-refractivity contribution in [1.82, 2.24) is 9.88 Å². The fourth-order valence-electron chi connectivity index (χ4n) is 1.77. The third kappa shape index (κ3) is 4.36. The Bertz CT molecular complexity index is 681. The molecule has 0 atom stereocenters. The Morgan fingerprint density at radius 1 is 1.52 bits per heavy atom. The number of amides is 1. The van der Waals surface area contributed by atoms with E-state index < -0.39 is 0 Å². The van der Waals surface area contributed by atoms with Crippen molar-refractivity contribution < 1.29 is 9.90 Å². The van der Waals surface area contributed by atoms with Crippen LogP contribution in [-0.2, 0) is 6.54 Å². The van der Waals surface area contributed by atoms with Crippen LogP contribution in [-0.4, -0.2) is 34.6 Å². The number of aliphatic hydroxyl groups is 1. The molecule has 0 radical (unpaired) electrons. The van der Waals surface area contributed by atoms with Crippen LogP contribution in [0.5, 0.6) is 0 Å². The highest BCUT2D eigenvalue weighted by molar-refractivity contribution is 7.10. The average molecular weight is 323 g/mol. The van der Waals surface area contributed by atoms with Gasteiger partial charge < -0.3 is 15.0 Å². The summed E-state index contributed by atoms with van der Waals surface area (Å²) in [6.07, 6.45) is 2.06. The molecular weight excluding hydrogens is 308 g/mol. The monoisotopic (exact) mass is 322 g/mol. The maximum Gasteiger partial charge on any atom is 0.270 e. The minimum Gasteiger partial charge on any atom is -0.395 e. The quantitative estimate of drug-likeness (QED) is 0.850. The lowest BCUT2D eigenvalue weighted by molar-refractivity contribution is 0.0780. The summed E-state index contributed by atoms with van der Waals surface area (Å²) in [5.74, 6) is 5.75. The van der Waals surface area contributed by atoms with Crippen LogP contribution in [0.1, 0.15) is 27.3 Å². The van der Waals surface area contributed by atoms with E-state index in [0.29, 0.717) is 23.7 Å². The van der Waals surface area contributed by atoms with E-state index in [2.05, 4.69) is 16.8 Å². The summed E-state index contributed by atoms with van der Waals surface area (Å²) in [5.41, 5.74) is 1.50. The van der Waals surface area contributed by atoms with Gasteiger partial charge in [0.15, 0.2) is 0 Å². The number of halogens is 1. The first-order valence-corrected chi connectivity index (χ1v) is 7.62. The van der Waals surface area contributed by atoms with E-state index in [-0.39, 0.29) is 12.5 Å². The van der Waals surface area contributed by atoms with Crippen LogP contribution in [0.4, 0.5) is 0 Å². The van der Waals surface area contributed by atoms with E-state index >= 15 is 0 Å². The van der Waals surface area contributed by atoms with E-state index in [9.17, 15) is 4.79 Å². The molecule has 0 saturated carbocycles. The van der Waals surface area contributed by atoms with Gasteiger partial charge in [-0.1, -0.05) is 23.4 Å². The van der Waals surface area contributed by atoms with Gasteiger partial charge in [0.1, 0.15) is 5.69 Å². The summed E-state index contributed by atoms with van der Waals surface area (Å²) in [4.78, 5) is 17.6. The zero-order chi connectivity index (χ0) is 15.2. The van der Waals surface area contributed by atoms with Crippen LogP contribution in [0.15, 0.2) is 23.7 Å². The molecule has 0 aliphatic rings. The second kappa shape index (κ2) is 7.32. The molecule has 0 unspecified atom stereocenters. The minimum atomic E-state index is -0.110. The Kier molecular flexibility index (Phi) is 5.45. The summed E-state index contributed by atoms with van der Waals surface area (Å²) >= 11 is 7.33. The Balaban J connectivity index is 1.98. The molecular formula is C15H15ClN2O2S. The zero-order valence-electron chi connectivity index (χ0n) is 11.5. The van der Waals surface area contributed by atoms with Gasteiger partial charge in [0.25, 0.3) is 5.91 Å². The van der Waals surface area contributed by atoms with Crippen LogP contribution in [0.25, 0.3) is 0 Å². The number of nitrogens with zero attached hydrogens (tertiary/aromatic N) is 1. The van der Waals surface area contributed by atoms with Crippen LogP contribution in [0.2, 0.25) is 5.02 Å². The molecule has 0 bridgehead atoms. The first-order valence-electron chi connectivity index (χ1n) is 6.36. The molecule has 0 aliphatic heterocycles. The van der Waals surface area contributed by atoms with E-state index in [4.69, 9.17) is 16.7 Å². The molecule has 0 fully saturated rings. The third-order valence-electron chi connectivity index (χ3n) is 2.75. The van der Waals surface area contributed by atoms with Crippen LogP contribution in [0.3, 0.4) is 0 Å². The lowest BCUT2D eigenvalue weighted by Gasteiger charge is -2.15. The van der Waals surface area contributed by atoms with Gasteiger partial charge in [0.2, 0.25) is 0 Å². The van der Waals surface area contributed by atoms with Gasteiger partial charge in [0, 0.05) is 26.2 Å². The molecule has 0 saturated heterocycles. The highest BCUT2D eigenvalue weighted by atomic mass is 35.5. The number of carbonyl (C=O) groups is 1. The van der Waals surface area contributed by atoms with E-state index in [0.717, 1.165) is 10.4 Å². The molecule has 110 valence electrons. The fourth-order valence-corrected chi connectivity index (χ4v) is 2.71. The van der Waals surface area contributed by atoms with Crippen molar-refractivity contribution in [2.45, 2.75) is 13.0 Å². The van der Waals surface area contributed by atoms with Crippen molar-refractivity contribution in [3.05, 3.63) is 44.9 Å². The van der Waals surface area contributed by atoms with Gasteiger partial charge in [-0.15, -0.1) is 11.3 Å². The highest BCUT2D eigenvalue weighted by Gasteiger charge is 2.14. The van der Waals surface area contributed by atoms with Crippen molar-refractivity contribution in [3.8, 4) is 11.8 Å². The van der Waals surface area contributed by atoms with E-state index in [1.54, 1.807) is 24.2 Å². The number of rotatable bonds is 4. The number of thiophene rings is 1. The van der Waals surface area contributed by atoms with Crippen molar-refractivity contribution in [1.29, 1.82) is 0 Å². The predicted molar refractivity (Wildman–Crippen MR) is 84.5 cm³/mol. The number of nitrogens with one attached hydrogen (secondary N) is 1. The third-order valence-corrected chi connectivity index (χ3v) is 3.86. The summed E-state index contributed by atoms with van der Waals surface area (Å²) in [5, 5.41) is 11.2. The Morgan fingerprint density at radius 2 is 2.33 bits per heavy atom. The average Bonchev–Trinajstić information content (AvgIpc) is 3.07. The second-order valence-electron chi connectivity index (χ2n) is 4.49. The van der Waals surface area contributed by atoms with Crippen LogP contribution in [0, 0.1) is 11.8 Å².